The molecule has 0 spiro atoms. The average molecular weight is 232 g/mol. The molecule has 0 radical (unpaired) electrons. The monoisotopic (exact) mass is 231 g/mol. The van der Waals surface area contributed by atoms with E-state index in [0.717, 1.165) is 6.54 Å². The Morgan fingerprint density at radius 1 is 1.00 bits per heavy atom. The average Bonchev–Trinajstić information content (AvgIpc) is 2.29. The molecule has 1 saturated heterocycles. The molecule has 1 heterocycles. The van der Waals surface area contributed by atoms with Gasteiger partial charge in [0.05, 0.1) is 0 Å². The first-order valence-corrected chi connectivity index (χ1v) is 6.89. The molecular weight excluding hydrogens is 206 g/mol. The van der Waals surface area contributed by atoms with Crippen LogP contribution < -0.4 is 0 Å². The van der Waals surface area contributed by atoms with Gasteiger partial charge in [0, 0.05) is 12.1 Å². The van der Waals surface area contributed by atoms with E-state index in [9.17, 15) is 0 Å². The van der Waals surface area contributed by atoms with Gasteiger partial charge in [-0.1, -0.05) is 27.7 Å². The first-order chi connectivity index (χ1) is 7.12. The second-order valence-corrected chi connectivity index (χ2v) is 5.32. The summed E-state index contributed by atoms with van der Waals surface area (Å²) in [5.74, 6) is 0. The molecule has 2 heteroatoms. The largest absolute Gasteiger partial charge is 0.214 e. The van der Waals surface area contributed by atoms with Gasteiger partial charge in [-0.25, -0.2) is 4.42 Å². The molecule has 0 atom stereocenters. The molecule has 0 saturated carbocycles. The fourth-order valence-corrected chi connectivity index (χ4v) is 4.40. The van der Waals surface area contributed by atoms with E-state index >= 15 is 0 Å². The Bertz CT molecular complexity index is 195. The third kappa shape index (κ3) is 1.82. The van der Waals surface area contributed by atoms with Gasteiger partial charge in [-0.05, 0) is 55.7 Å². The van der Waals surface area contributed by atoms with Crippen molar-refractivity contribution in [1.82, 2.24) is 4.42 Å². The fraction of sp³-hybridized carbons (Fsp3) is 1.00. The highest BCUT2D eigenvalue weighted by molar-refractivity contribution is 6.14. The Labute approximate surface area is 100 Å². The maximum absolute atomic E-state index is 6.51. The van der Waals surface area contributed by atoms with Crippen LogP contribution >= 0.6 is 11.8 Å². The summed E-state index contributed by atoms with van der Waals surface area (Å²) in [6.45, 7) is 10.3. The van der Waals surface area contributed by atoms with Gasteiger partial charge >= 0.3 is 0 Å². The predicted octanol–water partition coefficient (Wildman–Crippen LogP) is 4.60. The zero-order valence-corrected chi connectivity index (χ0v) is 11.5. The summed E-state index contributed by atoms with van der Waals surface area (Å²) in [7, 11) is 0. The van der Waals surface area contributed by atoms with Gasteiger partial charge in [0.25, 0.3) is 0 Å². The molecule has 90 valence electrons. The van der Waals surface area contributed by atoms with Crippen LogP contribution in [-0.2, 0) is 0 Å². The molecule has 1 aliphatic rings. The molecular formula is C13H26ClN. The summed E-state index contributed by atoms with van der Waals surface area (Å²) in [6, 6.07) is 0. The van der Waals surface area contributed by atoms with Crippen molar-refractivity contribution in [2.75, 3.05) is 6.54 Å². The van der Waals surface area contributed by atoms with Crippen LogP contribution in [0.25, 0.3) is 0 Å². The summed E-state index contributed by atoms with van der Waals surface area (Å²) in [5.41, 5.74) is 0.673. The van der Waals surface area contributed by atoms with Crippen molar-refractivity contribution in [2.45, 2.75) is 71.8 Å². The van der Waals surface area contributed by atoms with Crippen LogP contribution in [0.3, 0.4) is 0 Å². The van der Waals surface area contributed by atoms with Crippen LogP contribution in [0.15, 0.2) is 0 Å². The summed E-state index contributed by atoms with van der Waals surface area (Å²) in [4.78, 5) is 0. The van der Waals surface area contributed by atoms with E-state index in [1.165, 1.54) is 38.5 Å². The second kappa shape index (κ2) is 5.05. The molecule has 0 aromatic carbocycles. The molecule has 0 unspecified atom stereocenters. The number of halogens is 1. The van der Waals surface area contributed by atoms with Gasteiger partial charge < -0.3 is 0 Å². The molecule has 1 rings (SSSR count). The summed E-state index contributed by atoms with van der Waals surface area (Å²) >= 11 is 6.51. The van der Waals surface area contributed by atoms with Gasteiger partial charge in [-0.3, -0.25) is 0 Å². The summed E-state index contributed by atoms with van der Waals surface area (Å²) < 4.78 is 2.13. The zero-order chi connectivity index (χ0) is 11.5. The third-order valence-electron chi connectivity index (χ3n) is 4.98. The number of hydrogen-bond acceptors (Lipinski definition) is 1. The van der Waals surface area contributed by atoms with Crippen molar-refractivity contribution in [3.8, 4) is 0 Å². The van der Waals surface area contributed by atoms with Crippen molar-refractivity contribution < 1.29 is 0 Å². The molecule has 0 aromatic heterocycles. The van der Waals surface area contributed by atoms with E-state index in [2.05, 4.69) is 32.1 Å². The predicted molar refractivity (Wildman–Crippen MR) is 68.1 cm³/mol. The molecule has 0 N–H and O–H groups in total. The minimum absolute atomic E-state index is 0.232. The Hall–Kier alpha value is 0.250. The van der Waals surface area contributed by atoms with Crippen LogP contribution in [0, 0.1) is 5.41 Å². The Morgan fingerprint density at radius 2 is 1.53 bits per heavy atom. The maximum atomic E-state index is 6.51. The molecule has 0 amide bonds. The number of nitrogens with zero attached hydrogens (tertiary/aromatic N) is 1. The van der Waals surface area contributed by atoms with Gasteiger partial charge in [0.1, 0.15) is 0 Å². The lowest BCUT2D eigenvalue weighted by Crippen LogP contribution is -2.59. The molecule has 15 heavy (non-hydrogen) atoms. The summed E-state index contributed by atoms with van der Waals surface area (Å²) in [6.07, 6.45) is 7.48. The van der Waals surface area contributed by atoms with Gasteiger partial charge in [0.15, 0.2) is 0 Å². The standard InChI is InChI=1S/C13H26ClN/c1-5-12(6-2)10-9-11-15(14)13(12,7-3)8-4/h5-11H2,1-4H3. The lowest BCUT2D eigenvalue weighted by molar-refractivity contribution is -0.0397. The first-order valence-electron chi connectivity index (χ1n) is 6.56. The fourth-order valence-electron chi connectivity index (χ4n) is 3.87. The van der Waals surface area contributed by atoms with Crippen LogP contribution in [-0.4, -0.2) is 16.5 Å². The summed E-state index contributed by atoms with van der Waals surface area (Å²) in [5, 5.41) is 0. The topological polar surface area (TPSA) is 3.24 Å². The molecule has 1 fully saturated rings. The van der Waals surface area contributed by atoms with E-state index < -0.39 is 0 Å². The van der Waals surface area contributed by atoms with E-state index in [1.807, 2.05) is 0 Å². The van der Waals surface area contributed by atoms with E-state index in [1.54, 1.807) is 0 Å². The highest BCUT2D eigenvalue weighted by Gasteiger charge is 2.51. The number of hydrogen-bond donors (Lipinski definition) is 0. The molecule has 0 aliphatic carbocycles. The molecule has 0 aromatic rings. The van der Waals surface area contributed by atoms with Gasteiger partial charge in [-0.15, -0.1) is 0 Å². The van der Waals surface area contributed by atoms with Crippen molar-refractivity contribution in [3.05, 3.63) is 0 Å². The lowest BCUT2D eigenvalue weighted by atomic mass is 9.59. The number of rotatable bonds is 4. The molecule has 1 aliphatic heterocycles. The van der Waals surface area contributed by atoms with Crippen molar-refractivity contribution in [1.29, 1.82) is 0 Å². The van der Waals surface area contributed by atoms with Crippen LogP contribution in [0.2, 0.25) is 0 Å². The van der Waals surface area contributed by atoms with Crippen LogP contribution in [0.4, 0.5) is 0 Å². The Balaban J connectivity index is 3.09. The highest BCUT2D eigenvalue weighted by Crippen LogP contribution is 2.53. The normalized spacial score (nSPS) is 25.4. The zero-order valence-electron chi connectivity index (χ0n) is 10.8. The quantitative estimate of drug-likeness (QED) is 0.640. The highest BCUT2D eigenvalue weighted by atomic mass is 35.5. The van der Waals surface area contributed by atoms with Crippen molar-refractivity contribution >= 4 is 11.8 Å². The van der Waals surface area contributed by atoms with E-state index in [4.69, 9.17) is 11.8 Å². The minimum atomic E-state index is 0.232. The lowest BCUT2D eigenvalue weighted by Gasteiger charge is -2.57. The Kier molecular flexibility index (Phi) is 4.49. The van der Waals surface area contributed by atoms with E-state index in [-0.39, 0.29) is 5.54 Å². The van der Waals surface area contributed by atoms with Crippen LogP contribution in [0.5, 0.6) is 0 Å². The molecule has 1 nitrogen and oxygen atoms in total. The van der Waals surface area contributed by atoms with Gasteiger partial charge in [-0.2, -0.15) is 0 Å². The van der Waals surface area contributed by atoms with Crippen molar-refractivity contribution in [3.63, 3.8) is 0 Å². The van der Waals surface area contributed by atoms with E-state index in [0.29, 0.717) is 5.41 Å². The first kappa shape index (κ1) is 13.3. The third-order valence-corrected chi connectivity index (χ3v) is 5.48. The SMILES string of the molecule is CCC1(CC)CCCN(Cl)C1(CC)CC. The Morgan fingerprint density at radius 3 is 1.87 bits per heavy atom. The second-order valence-electron chi connectivity index (χ2n) is 4.92. The van der Waals surface area contributed by atoms with Crippen molar-refractivity contribution in [2.24, 2.45) is 5.41 Å². The molecule has 0 bridgehead atoms. The maximum Gasteiger partial charge on any atom is 0.0413 e. The minimum Gasteiger partial charge on any atom is -0.214 e. The van der Waals surface area contributed by atoms with Crippen LogP contribution in [0.1, 0.15) is 66.2 Å². The smallest absolute Gasteiger partial charge is 0.0413 e. The van der Waals surface area contributed by atoms with Gasteiger partial charge in [0.2, 0.25) is 0 Å². The number of piperidine rings is 1.